The van der Waals surface area contributed by atoms with E-state index in [0.29, 0.717) is 30.1 Å². The maximum Gasteiger partial charge on any atom is 0.268 e. The lowest BCUT2D eigenvalue weighted by Gasteiger charge is -2.11. The molecule has 2 amide bonds. The second-order valence-corrected chi connectivity index (χ2v) is 9.45. The minimum absolute atomic E-state index is 0.133. The van der Waals surface area contributed by atoms with Gasteiger partial charge in [0.2, 0.25) is 0 Å². The molecule has 0 spiro atoms. The van der Waals surface area contributed by atoms with E-state index < -0.39 is 0 Å². The molecule has 0 aliphatic rings. The van der Waals surface area contributed by atoms with Crippen LogP contribution in [0.1, 0.15) is 39.8 Å². The van der Waals surface area contributed by atoms with Crippen LogP contribution >= 0.6 is 11.8 Å². The number of fused-ring (bicyclic) bond motifs is 1. The number of benzene rings is 3. The van der Waals surface area contributed by atoms with Crippen molar-refractivity contribution in [3.8, 4) is 0 Å². The van der Waals surface area contributed by atoms with Crippen LogP contribution in [0.25, 0.3) is 10.9 Å². The molecule has 2 N–H and O–H groups in total. The average Bonchev–Trinajstić information content (AvgIpc) is 3.26. The SMILES string of the molecule is CCCn1c(C(=O)NCCOC)cc2cc(NC(=O)c3ccccc3SCc3ccccc3)ccc21. The molecule has 3 aromatic carbocycles. The van der Waals surface area contributed by atoms with Crippen LogP contribution in [0.15, 0.2) is 83.8 Å². The molecule has 0 atom stereocenters. The molecular formula is C29H31N3O3S. The summed E-state index contributed by atoms with van der Waals surface area (Å²) in [5, 5.41) is 6.85. The van der Waals surface area contributed by atoms with E-state index in [-0.39, 0.29) is 11.8 Å². The van der Waals surface area contributed by atoms with Crippen molar-refractivity contribution in [1.29, 1.82) is 0 Å². The lowest BCUT2D eigenvalue weighted by molar-refractivity contribution is 0.0927. The van der Waals surface area contributed by atoms with Gasteiger partial charge in [-0.1, -0.05) is 49.4 Å². The zero-order valence-corrected chi connectivity index (χ0v) is 21.4. The Kier molecular flexibility index (Phi) is 8.81. The van der Waals surface area contributed by atoms with E-state index in [1.54, 1.807) is 18.9 Å². The highest BCUT2D eigenvalue weighted by Gasteiger charge is 2.17. The van der Waals surface area contributed by atoms with Gasteiger partial charge in [0.1, 0.15) is 5.69 Å². The summed E-state index contributed by atoms with van der Waals surface area (Å²) in [6.07, 6.45) is 0.901. The van der Waals surface area contributed by atoms with Gasteiger partial charge >= 0.3 is 0 Å². The van der Waals surface area contributed by atoms with Gasteiger partial charge in [-0.15, -0.1) is 11.8 Å². The molecule has 0 fully saturated rings. The Morgan fingerprint density at radius 1 is 0.944 bits per heavy atom. The van der Waals surface area contributed by atoms with Gasteiger partial charge in [0.05, 0.1) is 12.2 Å². The van der Waals surface area contributed by atoms with Crippen LogP contribution in [0, 0.1) is 0 Å². The Morgan fingerprint density at radius 3 is 2.50 bits per heavy atom. The van der Waals surface area contributed by atoms with Crippen molar-refractivity contribution >= 4 is 40.2 Å². The van der Waals surface area contributed by atoms with Crippen molar-refractivity contribution in [2.45, 2.75) is 30.5 Å². The van der Waals surface area contributed by atoms with Crippen LogP contribution in [0.5, 0.6) is 0 Å². The summed E-state index contributed by atoms with van der Waals surface area (Å²) in [4.78, 5) is 26.9. The minimum Gasteiger partial charge on any atom is -0.383 e. The monoisotopic (exact) mass is 501 g/mol. The van der Waals surface area contributed by atoms with E-state index in [2.05, 4.69) is 29.7 Å². The van der Waals surface area contributed by atoms with Gasteiger partial charge in [-0.2, -0.15) is 0 Å². The highest BCUT2D eigenvalue weighted by molar-refractivity contribution is 7.98. The molecule has 6 nitrogen and oxygen atoms in total. The Hall–Kier alpha value is -3.55. The van der Waals surface area contributed by atoms with Crippen LogP contribution in [0.4, 0.5) is 5.69 Å². The number of methoxy groups -OCH3 is 1. The van der Waals surface area contributed by atoms with Gasteiger partial charge in [-0.05, 0) is 48.4 Å². The zero-order valence-electron chi connectivity index (χ0n) is 20.6. The maximum atomic E-state index is 13.2. The number of ether oxygens (including phenoxy) is 1. The van der Waals surface area contributed by atoms with Crippen LogP contribution < -0.4 is 10.6 Å². The number of thioether (sulfide) groups is 1. The molecule has 0 aliphatic carbocycles. The Balaban J connectivity index is 1.53. The second kappa shape index (κ2) is 12.4. The van der Waals surface area contributed by atoms with E-state index in [0.717, 1.165) is 34.5 Å². The fourth-order valence-corrected chi connectivity index (χ4v) is 5.08. The van der Waals surface area contributed by atoms with Gasteiger partial charge in [0, 0.05) is 47.4 Å². The van der Waals surface area contributed by atoms with Gasteiger partial charge < -0.3 is 19.9 Å². The van der Waals surface area contributed by atoms with Gasteiger partial charge in [-0.25, -0.2) is 0 Å². The number of hydrogen-bond acceptors (Lipinski definition) is 4. The molecule has 0 bridgehead atoms. The molecule has 0 saturated carbocycles. The van der Waals surface area contributed by atoms with Gasteiger partial charge in [-0.3, -0.25) is 9.59 Å². The standard InChI is InChI=1S/C29H31N3O3S/c1-3-16-32-25-14-13-23(18-22(25)19-26(32)29(34)30-15-17-35-2)31-28(33)24-11-7-8-12-27(24)36-20-21-9-5-4-6-10-21/h4-14,18-19H,3,15-17,20H2,1-2H3,(H,30,34)(H,31,33). The highest BCUT2D eigenvalue weighted by atomic mass is 32.2. The van der Waals surface area contributed by atoms with E-state index in [9.17, 15) is 9.59 Å². The number of aryl methyl sites for hydroxylation is 1. The third kappa shape index (κ3) is 6.17. The van der Waals surface area contributed by atoms with E-state index >= 15 is 0 Å². The number of carbonyl (C=O) groups is 2. The third-order valence-corrected chi connectivity index (χ3v) is 6.94. The second-order valence-electron chi connectivity index (χ2n) is 8.43. The fraction of sp³-hybridized carbons (Fsp3) is 0.241. The number of anilines is 1. The molecule has 0 radical (unpaired) electrons. The number of nitrogens with zero attached hydrogens (tertiary/aromatic N) is 1. The largest absolute Gasteiger partial charge is 0.383 e. The lowest BCUT2D eigenvalue weighted by atomic mass is 10.2. The summed E-state index contributed by atoms with van der Waals surface area (Å²) in [6, 6.07) is 25.5. The number of nitrogens with one attached hydrogen (secondary N) is 2. The van der Waals surface area contributed by atoms with Crippen LogP contribution in [0.2, 0.25) is 0 Å². The van der Waals surface area contributed by atoms with E-state index in [1.807, 2.05) is 71.3 Å². The molecule has 4 aromatic rings. The number of aromatic nitrogens is 1. The number of rotatable bonds is 11. The normalized spacial score (nSPS) is 10.9. The lowest BCUT2D eigenvalue weighted by Crippen LogP contribution is -2.28. The fourth-order valence-electron chi connectivity index (χ4n) is 4.07. The maximum absolute atomic E-state index is 13.2. The molecule has 1 aromatic heterocycles. The molecule has 7 heteroatoms. The third-order valence-electron chi connectivity index (χ3n) is 5.80. The topological polar surface area (TPSA) is 72.4 Å². The Labute approximate surface area is 216 Å². The minimum atomic E-state index is -0.156. The summed E-state index contributed by atoms with van der Waals surface area (Å²) in [5.74, 6) is 0.500. The molecule has 0 saturated heterocycles. The first-order chi connectivity index (χ1) is 17.6. The Morgan fingerprint density at radius 2 is 1.72 bits per heavy atom. The van der Waals surface area contributed by atoms with Crippen molar-refractivity contribution in [1.82, 2.24) is 9.88 Å². The summed E-state index contributed by atoms with van der Waals surface area (Å²) in [6.45, 7) is 3.72. The first kappa shape index (κ1) is 25.5. The smallest absolute Gasteiger partial charge is 0.268 e. The molecule has 0 aliphatic heterocycles. The molecule has 1 heterocycles. The summed E-state index contributed by atoms with van der Waals surface area (Å²) >= 11 is 1.65. The molecular weight excluding hydrogens is 470 g/mol. The van der Waals surface area contributed by atoms with Crippen molar-refractivity contribution in [3.05, 3.63) is 95.7 Å². The number of carbonyl (C=O) groups excluding carboxylic acids is 2. The van der Waals surface area contributed by atoms with Gasteiger partial charge in [0.25, 0.3) is 11.8 Å². The van der Waals surface area contributed by atoms with Crippen LogP contribution in [-0.2, 0) is 17.0 Å². The molecule has 36 heavy (non-hydrogen) atoms. The van der Waals surface area contributed by atoms with E-state index in [4.69, 9.17) is 4.74 Å². The number of hydrogen-bond donors (Lipinski definition) is 2. The summed E-state index contributed by atoms with van der Waals surface area (Å²) in [7, 11) is 1.61. The quantitative estimate of drug-likeness (QED) is 0.196. The van der Waals surface area contributed by atoms with Crippen molar-refractivity contribution < 1.29 is 14.3 Å². The molecule has 186 valence electrons. The van der Waals surface area contributed by atoms with Gasteiger partial charge in [0.15, 0.2) is 0 Å². The molecule has 4 rings (SSSR count). The van der Waals surface area contributed by atoms with Crippen molar-refractivity contribution in [3.63, 3.8) is 0 Å². The Bertz CT molecular complexity index is 1330. The summed E-state index contributed by atoms with van der Waals surface area (Å²) in [5.41, 5.74) is 4.11. The van der Waals surface area contributed by atoms with Crippen molar-refractivity contribution in [2.75, 3.05) is 25.6 Å². The van der Waals surface area contributed by atoms with E-state index in [1.165, 1.54) is 5.56 Å². The first-order valence-electron chi connectivity index (χ1n) is 12.1. The summed E-state index contributed by atoms with van der Waals surface area (Å²) < 4.78 is 7.06. The molecule has 0 unspecified atom stereocenters. The predicted molar refractivity (Wildman–Crippen MR) is 147 cm³/mol. The van der Waals surface area contributed by atoms with Crippen LogP contribution in [-0.4, -0.2) is 36.6 Å². The zero-order chi connectivity index (χ0) is 25.3. The first-order valence-corrected chi connectivity index (χ1v) is 13.1. The van der Waals surface area contributed by atoms with Crippen LogP contribution in [0.3, 0.4) is 0 Å². The predicted octanol–water partition coefficient (Wildman–Crippen LogP) is 5.97. The van der Waals surface area contributed by atoms with Crippen molar-refractivity contribution in [2.24, 2.45) is 0 Å². The highest BCUT2D eigenvalue weighted by Crippen LogP contribution is 2.28. The average molecular weight is 502 g/mol. The number of amides is 2.